The number of methoxy groups -OCH3 is 1. The molecule has 47 heavy (non-hydrogen) atoms. The summed E-state index contributed by atoms with van der Waals surface area (Å²) in [5.41, 5.74) is 0.347. The Kier molecular flexibility index (Phi) is 10.3. The maximum Gasteiger partial charge on any atom is 0.402 e. The molecule has 2 saturated heterocycles. The van der Waals surface area contributed by atoms with E-state index in [0.29, 0.717) is 5.56 Å². The van der Waals surface area contributed by atoms with E-state index >= 15 is 0 Å². The van der Waals surface area contributed by atoms with Gasteiger partial charge in [-0.15, -0.1) is 0 Å². The van der Waals surface area contributed by atoms with E-state index < -0.39 is 92.6 Å². The number of fused-ring (bicyclic) bond motifs is 1. The normalized spacial score (nSPS) is 29.3. The van der Waals surface area contributed by atoms with E-state index in [1.165, 1.54) is 36.4 Å². The summed E-state index contributed by atoms with van der Waals surface area (Å²) >= 11 is 0. The van der Waals surface area contributed by atoms with Gasteiger partial charge < -0.3 is 69.3 Å². The Hall–Kier alpha value is -4.33. The van der Waals surface area contributed by atoms with Gasteiger partial charge in [-0.2, -0.15) is 0 Å². The van der Waals surface area contributed by atoms with Gasteiger partial charge in [0.1, 0.15) is 72.3 Å². The molecule has 0 amide bonds. The largest absolute Gasteiger partial charge is 0.508 e. The Bertz CT molecular complexity index is 1580. The van der Waals surface area contributed by atoms with Crippen LogP contribution in [-0.2, 0) is 33.3 Å². The van der Waals surface area contributed by atoms with Crippen LogP contribution in [0.15, 0.2) is 46.9 Å². The van der Waals surface area contributed by atoms with Gasteiger partial charge >= 0.3 is 23.3 Å². The summed E-state index contributed by atoms with van der Waals surface area (Å²) < 4.78 is 38.5. The SMILES string of the molecule is COC(=O)CC(=O)OCC1OC(Oc2cc3c(O)cc(O)cc3[o+]c2-c2ccc(O)cc2)C(OC2OCC(O)C(O)C2O)C(O)C1O. The number of hydrogen-bond donors (Lipinski definition) is 8. The second kappa shape index (κ2) is 14.2. The van der Waals surface area contributed by atoms with E-state index in [-0.39, 0.29) is 34.0 Å². The molecule has 2 aliphatic heterocycles. The molecule has 2 aliphatic rings. The molecule has 17 heteroatoms. The molecule has 0 radical (unpaired) electrons. The third-order valence-corrected chi connectivity index (χ3v) is 7.50. The number of aliphatic hydroxyl groups excluding tert-OH is 5. The maximum absolute atomic E-state index is 12.1. The number of phenols is 3. The predicted molar refractivity (Wildman–Crippen MR) is 153 cm³/mol. The molecule has 9 atom stereocenters. The first kappa shape index (κ1) is 34.0. The highest BCUT2D eigenvalue weighted by Crippen LogP contribution is 2.41. The van der Waals surface area contributed by atoms with Crippen molar-refractivity contribution in [1.29, 1.82) is 0 Å². The molecule has 254 valence electrons. The average molecular weight is 666 g/mol. The van der Waals surface area contributed by atoms with Gasteiger partial charge in [-0.3, -0.25) is 9.59 Å². The molecular formula is C30H33O17+. The molecule has 9 unspecified atom stereocenters. The van der Waals surface area contributed by atoms with Crippen LogP contribution >= 0.6 is 0 Å². The molecule has 3 aromatic rings. The van der Waals surface area contributed by atoms with Crippen molar-refractivity contribution < 1.29 is 83.3 Å². The lowest BCUT2D eigenvalue weighted by molar-refractivity contribution is -0.345. The summed E-state index contributed by atoms with van der Waals surface area (Å²) in [6.07, 6.45) is -16.0. The van der Waals surface area contributed by atoms with Gasteiger partial charge in [0, 0.05) is 12.1 Å². The van der Waals surface area contributed by atoms with Crippen molar-refractivity contribution in [3.8, 4) is 34.3 Å². The number of aliphatic hydroxyl groups is 5. The van der Waals surface area contributed by atoms with Crippen LogP contribution in [0.25, 0.3) is 22.3 Å². The molecule has 8 N–H and O–H groups in total. The van der Waals surface area contributed by atoms with Crippen molar-refractivity contribution in [2.45, 2.75) is 61.7 Å². The summed E-state index contributed by atoms with van der Waals surface area (Å²) in [4.78, 5) is 23.6. The molecule has 1 aromatic heterocycles. The van der Waals surface area contributed by atoms with Crippen LogP contribution in [0.2, 0.25) is 0 Å². The minimum Gasteiger partial charge on any atom is -0.508 e. The van der Waals surface area contributed by atoms with E-state index in [0.717, 1.165) is 13.2 Å². The first-order chi connectivity index (χ1) is 22.4. The highest BCUT2D eigenvalue weighted by Gasteiger charge is 2.51. The highest BCUT2D eigenvalue weighted by molar-refractivity contribution is 5.91. The number of aromatic hydroxyl groups is 3. The minimum absolute atomic E-state index is 0.0208. The van der Waals surface area contributed by atoms with Gasteiger partial charge in [0.25, 0.3) is 0 Å². The van der Waals surface area contributed by atoms with Crippen LogP contribution in [-0.4, -0.2) is 128 Å². The van der Waals surface area contributed by atoms with Crippen molar-refractivity contribution in [2.75, 3.05) is 20.3 Å². The standard InChI is InChI=1S/C30H32O17/c1-41-21(35)9-22(36)42-11-20-24(38)25(39)28(47-29-26(40)23(37)17(34)10-43-29)30(46-20)45-19-8-15-16(33)6-14(32)7-18(15)44-27(19)12-2-4-13(31)5-3-12/h2-8,17,20,23-26,28-30,34,37-40H,9-11H2,1H3,(H2-,31,32,33)/p+1. The number of ether oxygens (including phenoxy) is 6. The van der Waals surface area contributed by atoms with Gasteiger partial charge in [-0.1, -0.05) is 0 Å². The van der Waals surface area contributed by atoms with E-state index in [1.807, 2.05) is 0 Å². The zero-order chi connectivity index (χ0) is 34.0. The molecular weight excluding hydrogens is 632 g/mol. The zero-order valence-corrected chi connectivity index (χ0v) is 24.6. The monoisotopic (exact) mass is 665 g/mol. The Morgan fingerprint density at radius 1 is 0.872 bits per heavy atom. The molecule has 0 aliphatic carbocycles. The number of phenolic OH excluding ortho intramolecular Hbond substituents is 3. The van der Waals surface area contributed by atoms with Crippen LogP contribution in [0.5, 0.6) is 23.0 Å². The summed E-state index contributed by atoms with van der Waals surface area (Å²) in [7, 11) is 1.07. The summed E-state index contributed by atoms with van der Waals surface area (Å²) in [5.74, 6) is -2.88. The quantitative estimate of drug-likeness (QED) is 0.0794. The van der Waals surface area contributed by atoms with Crippen molar-refractivity contribution in [1.82, 2.24) is 0 Å². The summed E-state index contributed by atoms with van der Waals surface area (Å²) in [6.45, 7) is -1.14. The molecule has 2 fully saturated rings. The van der Waals surface area contributed by atoms with Crippen LogP contribution < -0.4 is 4.74 Å². The lowest BCUT2D eigenvalue weighted by Crippen LogP contribution is -2.64. The fraction of sp³-hybridized carbons (Fsp3) is 0.433. The van der Waals surface area contributed by atoms with E-state index in [1.54, 1.807) is 0 Å². The van der Waals surface area contributed by atoms with Gasteiger partial charge in [0.2, 0.25) is 12.0 Å². The topological polar surface area (TPSA) is 263 Å². The molecule has 3 heterocycles. The second-order valence-corrected chi connectivity index (χ2v) is 10.8. The van der Waals surface area contributed by atoms with E-state index in [4.69, 9.17) is 28.1 Å². The number of rotatable bonds is 9. The van der Waals surface area contributed by atoms with Crippen LogP contribution in [0.1, 0.15) is 6.42 Å². The third-order valence-electron chi connectivity index (χ3n) is 7.50. The summed E-state index contributed by atoms with van der Waals surface area (Å²) in [5, 5.41) is 83.0. The molecule has 0 spiro atoms. The predicted octanol–water partition coefficient (Wildman–Crippen LogP) is -0.746. The molecule has 2 aromatic carbocycles. The summed E-state index contributed by atoms with van der Waals surface area (Å²) in [6, 6.07) is 9.21. The number of carbonyl (C=O) groups excluding carboxylic acids is 2. The molecule has 0 saturated carbocycles. The van der Waals surface area contributed by atoms with Crippen LogP contribution in [0, 0.1) is 0 Å². The minimum atomic E-state index is -1.89. The number of carbonyl (C=O) groups is 2. The first-order valence-electron chi connectivity index (χ1n) is 14.2. The van der Waals surface area contributed by atoms with Crippen molar-refractivity contribution in [3.05, 3.63) is 42.5 Å². The van der Waals surface area contributed by atoms with Gasteiger partial charge in [-0.25, -0.2) is 4.42 Å². The maximum atomic E-state index is 12.1. The van der Waals surface area contributed by atoms with E-state index in [2.05, 4.69) is 4.74 Å². The molecule has 0 bridgehead atoms. The average Bonchev–Trinajstić information content (AvgIpc) is 3.04. The second-order valence-electron chi connectivity index (χ2n) is 10.8. The number of hydrogen-bond acceptors (Lipinski definition) is 16. The number of esters is 2. The Labute approximate surface area is 265 Å². The van der Waals surface area contributed by atoms with Gasteiger partial charge in [0.15, 0.2) is 12.4 Å². The van der Waals surface area contributed by atoms with Crippen LogP contribution in [0.4, 0.5) is 0 Å². The number of benzene rings is 2. The first-order valence-corrected chi connectivity index (χ1v) is 14.2. The fourth-order valence-electron chi connectivity index (χ4n) is 4.96. The van der Waals surface area contributed by atoms with Crippen LogP contribution in [0.3, 0.4) is 0 Å². The smallest absolute Gasteiger partial charge is 0.402 e. The molecule has 17 nitrogen and oxygen atoms in total. The van der Waals surface area contributed by atoms with Crippen molar-refractivity contribution in [2.24, 2.45) is 0 Å². The lowest BCUT2D eigenvalue weighted by atomic mass is 9.98. The van der Waals surface area contributed by atoms with Gasteiger partial charge in [0.05, 0.1) is 25.3 Å². The highest BCUT2D eigenvalue weighted by atomic mass is 16.8. The van der Waals surface area contributed by atoms with Gasteiger partial charge in [-0.05, 0) is 24.3 Å². The third kappa shape index (κ3) is 7.47. The van der Waals surface area contributed by atoms with E-state index in [9.17, 15) is 50.4 Å². The zero-order valence-electron chi connectivity index (χ0n) is 24.6. The van der Waals surface area contributed by atoms with Crippen molar-refractivity contribution in [3.63, 3.8) is 0 Å². The Balaban J connectivity index is 1.51. The fourth-order valence-corrected chi connectivity index (χ4v) is 4.96. The van der Waals surface area contributed by atoms with Crippen molar-refractivity contribution >= 4 is 22.9 Å². The Morgan fingerprint density at radius 3 is 2.30 bits per heavy atom. The Morgan fingerprint density at radius 2 is 1.60 bits per heavy atom. The lowest BCUT2D eigenvalue weighted by Gasteiger charge is -2.44. The molecule has 5 rings (SSSR count).